The smallest absolute Gasteiger partial charge is 0.257 e. The molecule has 1 N–H and O–H groups in total. The maximum absolute atomic E-state index is 12.5. The lowest BCUT2D eigenvalue weighted by Gasteiger charge is -2.08. The van der Waals surface area contributed by atoms with Gasteiger partial charge in [-0.3, -0.25) is 4.79 Å². The summed E-state index contributed by atoms with van der Waals surface area (Å²) >= 11 is 2.24. The summed E-state index contributed by atoms with van der Waals surface area (Å²) in [5.74, 6) is 0.779. The molecule has 0 bridgehead atoms. The highest BCUT2D eigenvalue weighted by molar-refractivity contribution is 14.1. The van der Waals surface area contributed by atoms with Gasteiger partial charge in [0.2, 0.25) is 0 Å². The van der Waals surface area contributed by atoms with E-state index in [-0.39, 0.29) is 5.91 Å². The molecule has 0 aliphatic carbocycles. The quantitative estimate of drug-likeness (QED) is 0.627. The van der Waals surface area contributed by atoms with Crippen LogP contribution in [0.15, 0.2) is 53.1 Å². The van der Waals surface area contributed by atoms with E-state index in [0.29, 0.717) is 12.1 Å². The van der Waals surface area contributed by atoms with Gasteiger partial charge in [-0.25, -0.2) is 0 Å². The first kappa shape index (κ1) is 15.9. The van der Waals surface area contributed by atoms with E-state index in [1.807, 2.05) is 56.3 Å². The highest BCUT2D eigenvalue weighted by atomic mass is 127. The minimum atomic E-state index is -0.0926. The minimum absolute atomic E-state index is 0.0926. The molecule has 0 saturated heterocycles. The number of hydrogen-bond donors (Lipinski definition) is 1. The van der Waals surface area contributed by atoms with E-state index in [0.717, 1.165) is 26.4 Å². The Kier molecular flexibility index (Phi) is 4.56. The van der Waals surface area contributed by atoms with Crippen LogP contribution in [0.5, 0.6) is 0 Å². The number of furan rings is 1. The number of halogens is 1. The van der Waals surface area contributed by atoms with Crippen LogP contribution in [-0.2, 0) is 6.54 Å². The maximum atomic E-state index is 12.5. The largest absolute Gasteiger partial charge is 0.467 e. The second kappa shape index (κ2) is 6.62. The van der Waals surface area contributed by atoms with Crippen LogP contribution in [0.3, 0.4) is 0 Å². The van der Waals surface area contributed by atoms with E-state index in [9.17, 15) is 4.79 Å². The Morgan fingerprint density at radius 2 is 1.96 bits per heavy atom. The van der Waals surface area contributed by atoms with Crippen molar-refractivity contribution in [1.82, 2.24) is 4.57 Å². The zero-order valence-electron chi connectivity index (χ0n) is 13.0. The lowest BCUT2D eigenvalue weighted by atomic mass is 10.2. The zero-order valence-corrected chi connectivity index (χ0v) is 15.1. The van der Waals surface area contributed by atoms with E-state index in [1.165, 1.54) is 0 Å². The van der Waals surface area contributed by atoms with Gasteiger partial charge in [0, 0.05) is 20.6 Å². The topological polar surface area (TPSA) is 47.2 Å². The van der Waals surface area contributed by atoms with Crippen molar-refractivity contribution in [2.75, 3.05) is 5.32 Å². The van der Waals surface area contributed by atoms with Crippen LogP contribution in [-0.4, -0.2) is 10.5 Å². The molecule has 0 atom stereocenters. The van der Waals surface area contributed by atoms with Gasteiger partial charge in [-0.05, 0) is 78.9 Å². The predicted octanol–water partition coefficient (Wildman–Crippen LogP) is 4.60. The highest BCUT2D eigenvalue weighted by Gasteiger charge is 2.16. The molecule has 0 spiro atoms. The molecule has 1 aromatic carbocycles. The zero-order chi connectivity index (χ0) is 16.4. The lowest BCUT2D eigenvalue weighted by molar-refractivity contribution is 0.102. The van der Waals surface area contributed by atoms with Gasteiger partial charge < -0.3 is 14.3 Å². The molecule has 3 aromatic rings. The van der Waals surface area contributed by atoms with Crippen molar-refractivity contribution in [3.63, 3.8) is 0 Å². The summed E-state index contributed by atoms with van der Waals surface area (Å²) < 4.78 is 8.62. The van der Waals surface area contributed by atoms with E-state index in [2.05, 4.69) is 32.5 Å². The predicted molar refractivity (Wildman–Crippen MR) is 98.8 cm³/mol. The first-order valence-corrected chi connectivity index (χ1v) is 8.38. The van der Waals surface area contributed by atoms with E-state index >= 15 is 0 Å². The number of anilines is 1. The van der Waals surface area contributed by atoms with Gasteiger partial charge >= 0.3 is 0 Å². The van der Waals surface area contributed by atoms with Gasteiger partial charge in [-0.15, -0.1) is 0 Å². The Morgan fingerprint density at radius 1 is 1.22 bits per heavy atom. The van der Waals surface area contributed by atoms with Gasteiger partial charge in [-0.1, -0.05) is 0 Å². The normalized spacial score (nSPS) is 10.7. The second-order valence-electron chi connectivity index (χ2n) is 5.41. The number of aromatic nitrogens is 1. The third-order valence-electron chi connectivity index (χ3n) is 3.81. The monoisotopic (exact) mass is 420 g/mol. The third-order valence-corrected chi connectivity index (χ3v) is 4.53. The number of nitrogens with one attached hydrogen (secondary N) is 1. The molecule has 0 fully saturated rings. The van der Waals surface area contributed by atoms with Crippen molar-refractivity contribution in [2.45, 2.75) is 20.4 Å². The average molecular weight is 420 g/mol. The fraction of sp³-hybridized carbons (Fsp3) is 0.167. The number of aryl methyl sites for hydroxylation is 1. The SMILES string of the molecule is Cc1cc(C(=O)Nc2ccc(I)cc2)c(C)n1Cc1ccco1. The van der Waals surface area contributed by atoms with Crippen molar-refractivity contribution in [3.05, 3.63) is 75.0 Å². The molecule has 1 amide bonds. The summed E-state index contributed by atoms with van der Waals surface area (Å²) in [5.41, 5.74) is 3.45. The van der Waals surface area contributed by atoms with Crippen LogP contribution in [0, 0.1) is 17.4 Å². The van der Waals surface area contributed by atoms with Crippen LogP contribution in [0.4, 0.5) is 5.69 Å². The number of nitrogens with zero attached hydrogens (tertiary/aromatic N) is 1. The van der Waals surface area contributed by atoms with Gasteiger partial charge in [0.1, 0.15) is 5.76 Å². The molecule has 2 aromatic heterocycles. The van der Waals surface area contributed by atoms with Crippen LogP contribution < -0.4 is 5.32 Å². The Morgan fingerprint density at radius 3 is 2.61 bits per heavy atom. The first-order chi connectivity index (χ1) is 11.0. The van der Waals surface area contributed by atoms with Crippen molar-refractivity contribution in [3.8, 4) is 0 Å². The molecule has 0 aliphatic rings. The molecular formula is C18H17IN2O2. The summed E-state index contributed by atoms with van der Waals surface area (Å²) in [7, 11) is 0. The molecule has 0 unspecified atom stereocenters. The van der Waals surface area contributed by atoms with Gasteiger partial charge in [-0.2, -0.15) is 0 Å². The molecule has 118 valence electrons. The second-order valence-corrected chi connectivity index (χ2v) is 6.66. The summed E-state index contributed by atoms with van der Waals surface area (Å²) in [5, 5.41) is 2.95. The molecule has 0 aliphatic heterocycles. The van der Waals surface area contributed by atoms with Crippen LogP contribution in [0.25, 0.3) is 0 Å². The maximum Gasteiger partial charge on any atom is 0.257 e. The highest BCUT2D eigenvalue weighted by Crippen LogP contribution is 2.19. The van der Waals surface area contributed by atoms with E-state index in [4.69, 9.17) is 4.42 Å². The number of carbonyl (C=O) groups is 1. The molecule has 4 nitrogen and oxygen atoms in total. The summed E-state index contributed by atoms with van der Waals surface area (Å²) in [6, 6.07) is 13.5. The number of rotatable bonds is 4. The van der Waals surface area contributed by atoms with Crippen LogP contribution in [0.1, 0.15) is 27.5 Å². The van der Waals surface area contributed by atoms with Gasteiger partial charge in [0.15, 0.2) is 0 Å². The first-order valence-electron chi connectivity index (χ1n) is 7.30. The summed E-state index contributed by atoms with van der Waals surface area (Å²) in [6.45, 7) is 4.58. The summed E-state index contributed by atoms with van der Waals surface area (Å²) in [4.78, 5) is 12.5. The van der Waals surface area contributed by atoms with Crippen molar-refractivity contribution in [1.29, 1.82) is 0 Å². The molecule has 23 heavy (non-hydrogen) atoms. The number of hydrogen-bond acceptors (Lipinski definition) is 2. The van der Waals surface area contributed by atoms with Crippen LogP contribution >= 0.6 is 22.6 Å². The van der Waals surface area contributed by atoms with E-state index < -0.39 is 0 Å². The van der Waals surface area contributed by atoms with Crippen molar-refractivity contribution in [2.24, 2.45) is 0 Å². The fourth-order valence-electron chi connectivity index (χ4n) is 2.56. The number of carbonyl (C=O) groups excluding carboxylic acids is 1. The molecule has 5 heteroatoms. The lowest BCUT2D eigenvalue weighted by Crippen LogP contribution is -2.13. The molecular weight excluding hydrogens is 403 g/mol. The van der Waals surface area contributed by atoms with Crippen molar-refractivity contribution < 1.29 is 9.21 Å². The fourth-order valence-corrected chi connectivity index (χ4v) is 2.92. The molecule has 0 radical (unpaired) electrons. The molecule has 2 heterocycles. The van der Waals surface area contributed by atoms with E-state index in [1.54, 1.807) is 6.26 Å². The Hall–Kier alpha value is -2.02. The Bertz CT molecular complexity index is 818. The van der Waals surface area contributed by atoms with Gasteiger partial charge in [0.05, 0.1) is 18.4 Å². The Balaban J connectivity index is 1.82. The summed E-state index contributed by atoms with van der Waals surface area (Å²) in [6.07, 6.45) is 1.66. The Labute approximate surface area is 148 Å². The molecule has 0 saturated carbocycles. The molecule has 3 rings (SSSR count). The number of benzene rings is 1. The third kappa shape index (κ3) is 3.50. The van der Waals surface area contributed by atoms with Crippen molar-refractivity contribution >= 4 is 34.2 Å². The minimum Gasteiger partial charge on any atom is -0.467 e. The number of amides is 1. The van der Waals surface area contributed by atoms with Gasteiger partial charge in [0.25, 0.3) is 5.91 Å². The average Bonchev–Trinajstić information content (AvgIpc) is 3.13. The standard InChI is InChI=1S/C18H17IN2O2/c1-12-10-17(13(2)21(12)11-16-4-3-9-23-16)18(22)20-15-7-5-14(19)6-8-15/h3-10H,11H2,1-2H3,(H,20,22). The van der Waals surface area contributed by atoms with Crippen LogP contribution in [0.2, 0.25) is 0 Å².